The van der Waals surface area contributed by atoms with Crippen molar-refractivity contribution < 1.29 is 9.53 Å². The first-order chi connectivity index (χ1) is 7.92. The maximum absolute atomic E-state index is 11.6. The monoisotopic (exact) mass is 234 g/mol. The van der Waals surface area contributed by atoms with Gasteiger partial charge in [-0.15, -0.1) is 6.58 Å². The van der Waals surface area contributed by atoms with E-state index in [2.05, 4.69) is 16.9 Å². The van der Waals surface area contributed by atoms with Crippen LogP contribution in [0.3, 0.4) is 0 Å². The minimum atomic E-state index is -0.509. The lowest BCUT2D eigenvalue weighted by molar-refractivity contribution is 0.0635. The number of carbonyl (C=O) groups is 1. The highest BCUT2D eigenvalue weighted by Gasteiger charge is 2.17. The Morgan fingerprint density at radius 3 is 2.88 bits per heavy atom. The van der Waals surface area contributed by atoms with Gasteiger partial charge >= 0.3 is 6.09 Å². The third kappa shape index (κ3) is 4.68. The molecule has 0 fully saturated rings. The van der Waals surface area contributed by atoms with E-state index < -0.39 is 11.7 Å². The van der Waals surface area contributed by atoms with E-state index >= 15 is 0 Å². The largest absolute Gasteiger partial charge is 0.444 e. The van der Waals surface area contributed by atoms with Gasteiger partial charge in [-0.25, -0.2) is 4.79 Å². The number of anilines is 1. The van der Waals surface area contributed by atoms with Crippen molar-refractivity contribution in [3.8, 4) is 0 Å². The van der Waals surface area contributed by atoms with Crippen LogP contribution in [0.5, 0.6) is 0 Å². The molecule has 1 heterocycles. The van der Waals surface area contributed by atoms with Crippen LogP contribution >= 0.6 is 0 Å². The molecule has 0 aliphatic carbocycles. The van der Waals surface area contributed by atoms with E-state index in [0.717, 1.165) is 5.69 Å². The SMILES string of the molecule is C=CCc1ncccc1NC(=O)OC(C)(C)C. The van der Waals surface area contributed by atoms with Gasteiger partial charge in [0.1, 0.15) is 5.60 Å². The highest BCUT2D eigenvalue weighted by atomic mass is 16.6. The Morgan fingerprint density at radius 2 is 2.29 bits per heavy atom. The Labute approximate surface area is 102 Å². The van der Waals surface area contributed by atoms with Crippen LogP contribution in [0.25, 0.3) is 0 Å². The zero-order valence-corrected chi connectivity index (χ0v) is 10.5. The van der Waals surface area contributed by atoms with E-state index in [1.807, 2.05) is 20.8 Å². The molecule has 0 bridgehead atoms. The van der Waals surface area contributed by atoms with Gasteiger partial charge in [0.2, 0.25) is 0 Å². The number of aromatic nitrogens is 1. The number of allylic oxidation sites excluding steroid dienone is 1. The number of hydrogen-bond donors (Lipinski definition) is 1. The summed E-state index contributed by atoms with van der Waals surface area (Å²) in [4.78, 5) is 15.8. The lowest BCUT2D eigenvalue weighted by atomic mass is 10.2. The molecule has 0 radical (unpaired) electrons. The van der Waals surface area contributed by atoms with E-state index in [4.69, 9.17) is 4.74 Å². The summed E-state index contributed by atoms with van der Waals surface area (Å²) in [5, 5.41) is 2.68. The number of pyridine rings is 1. The van der Waals surface area contributed by atoms with Gasteiger partial charge in [-0.05, 0) is 32.9 Å². The number of rotatable bonds is 3. The predicted molar refractivity (Wildman–Crippen MR) is 68.0 cm³/mol. The number of carbonyl (C=O) groups excluding carboxylic acids is 1. The van der Waals surface area contributed by atoms with Crippen LogP contribution in [-0.2, 0) is 11.2 Å². The van der Waals surface area contributed by atoms with E-state index in [1.165, 1.54) is 0 Å². The number of amides is 1. The second-order valence-electron chi connectivity index (χ2n) is 4.62. The Hall–Kier alpha value is -1.84. The zero-order chi connectivity index (χ0) is 12.9. The molecule has 0 aliphatic rings. The Balaban J connectivity index is 2.74. The number of hydrogen-bond acceptors (Lipinski definition) is 3. The average molecular weight is 234 g/mol. The van der Waals surface area contributed by atoms with Gasteiger partial charge in [0.05, 0.1) is 11.4 Å². The highest BCUT2D eigenvalue weighted by Crippen LogP contribution is 2.15. The summed E-state index contributed by atoms with van der Waals surface area (Å²) in [6.07, 6.45) is 3.55. The summed E-state index contributed by atoms with van der Waals surface area (Å²) in [6.45, 7) is 9.11. The van der Waals surface area contributed by atoms with Gasteiger partial charge in [-0.3, -0.25) is 10.3 Å². The minimum absolute atomic E-state index is 0.476. The summed E-state index contributed by atoms with van der Waals surface area (Å²) in [5.41, 5.74) is 0.917. The molecule has 0 spiro atoms. The molecule has 0 aromatic carbocycles. The van der Waals surface area contributed by atoms with Crippen LogP contribution < -0.4 is 5.32 Å². The van der Waals surface area contributed by atoms with Crippen LogP contribution in [-0.4, -0.2) is 16.7 Å². The van der Waals surface area contributed by atoms with Crippen molar-refractivity contribution in [1.82, 2.24) is 4.98 Å². The summed E-state index contributed by atoms with van der Waals surface area (Å²) in [7, 11) is 0. The lowest BCUT2D eigenvalue weighted by Crippen LogP contribution is -2.27. The fourth-order valence-corrected chi connectivity index (χ4v) is 1.26. The topological polar surface area (TPSA) is 51.2 Å². The smallest absolute Gasteiger partial charge is 0.412 e. The molecular formula is C13H18N2O2. The first-order valence-corrected chi connectivity index (χ1v) is 5.47. The summed E-state index contributed by atoms with van der Waals surface area (Å²) < 4.78 is 5.17. The van der Waals surface area contributed by atoms with Gasteiger partial charge in [0.15, 0.2) is 0 Å². The van der Waals surface area contributed by atoms with Crippen LogP contribution in [0.2, 0.25) is 0 Å². The van der Waals surface area contributed by atoms with Crippen LogP contribution in [0.1, 0.15) is 26.5 Å². The molecule has 1 rings (SSSR count). The Bertz CT molecular complexity index is 408. The fraction of sp³-hybridized carbons (Fsp3) is 0.385. The van der Waals surface area contributed by atoms with Crippen LogP contribution in [0.15, 0.2) is 31.0 Å². The van der Waals surface area contributed by atoms with Crippen molar-refractivity contribution in [2.75, 3.05) is 5.32 Å². The minimum Gasteiger partial charge on any atom is -0.444 e. The first kappa shape index (κ1) is 13.2. The van der Waals surface area contributed by atoms with Crippen molar-refractivity contribution in [2.24, 2.45) is 0 Å². The molecule has 92 valence electrons. The molecular weight excluding hydrogens is 216 g/mol. The maximum atomic E-state index is 11.6. The predicted octanol–water partition coefficient (Wildman–Crippen LogP) is 3.16. The summed E-state index contributed by atoms with van der Waals surface area (Å²) in [6, 6.07) is 3.55. The van der Waals surface area contributed by atoms with Crippen LogP contribution in [0.4, 0.5) is 10.5 Å². The molecule has 0 saturated heterocycles. The molecule has 0 saturated carbocycles. The first-order valence-electron chi connectivity index (χ1n) is 5.47. The van der Waals surface area contributed by atoms with E-state index in [-0.39, 0.29) is 0 Å². The summed E-state index contributed by atoms with van der Waals surface area (Å²) in [5.74, 6) is 0. The lowest BCUT2D eigenvalue weighted by Gasteiger charge is -2.20. The summed E-state index contributed by atoms with van der Waals surface area (Å²) >= 11 is 0. The highest BCUT2D eigenvalue weighted by molar-refractivity contribution is 5.85. The third-order valence-corrected chi connectivity index (χ3v) is 1.86. The molecule has 0 atom stereocenters. The molecule has 4 nitrogen and oxygen atoms in total. The average Bonchev–Trinajstić information content (AvgIpc) is 2.18. The second-order valence-corrected chi connectivity index (χ2v) is 4.62. The van der Waals surface area contributed by atoms with Gasteiger partial charge in [-0.2, -0.15) is 0 Å². The van der Waals surface area contributed by atoms with Crippen molar-refractivity contribution in [3.63, 3.8) is 0 Å². The van der Waals surface area contributed by atoms with Crippen molar-refractivity contribution >= 4 is 11.8 Å². The molecule has 1 aromatic heterocycles. The Kier molecular flexibility index (Phi) is 4.26. The Morgan fingerprint density at radius 1 is 1.59 bits per heavy atom. The van der Waals surface area contributed by atoms with E-state index in [0.29, 0.717) is 12.1 Å². The third-order valence-electron chi connectivity index (χ3n) is 1.86. The maximum Gasteiger partial charge on any atom is 0.412 e. The van der Waals surface area contributed by atoms with Crippen molar-refractivity contribution in [1.29, 1.82) is 0 Å². The molecule has 1 amide bonds. The van der Waals surface area contributed by atoms with Gasteiger partial charge in [0.25, 0.3) is 0 Å². The molecule has 4 heteroatoms. The zero-order valence-electron chi connectivity index (χ0n) is 10.5. The molecule has 0 aliphatic heterocycles. The number of ether oxygens (including phenoxy) is 1. The fourth-order valence-electron chi connectivity index (χ4n) is 1.26. The number of nitrogens with zero attached hydrogens (tertiary/aromatic N) is 1. The number of nitrogens with one attached hydrogen (secondary N) is 1. The van der Waals surface area contributed by atoms with Gasteiger partial charge in [0, 0.05) is 12.6 Å². The molecule has 17 heavy (non-hydrogen) atoms. The van der Waals surface area contributed by atoms with Crippen LogP contribution in [0, 0.1) is 0 Å². The quantitative estimate of drug-likeness (QED) is 0.817. The molecule has 1 N–H and O–H groups in total. The normalized spacial score (nSPS) is 10.8. The van der Waals surface area contributed by atoms with Gasteiger partial charge in [-0.1, -0.05) is 6.08 Å². The molecule has 0 unspecified atom stereocenters. The second kappa shape index (κ2) is 5.48. The standard InChI is InChI=1S/C13H18N2O2/c1-5-7-10-11(8-6-9-14-10)15-12(16)17-13(2,3)4/h5-6,8-9H,1,7H2,2-4H3,(H,15,16). The molecule has 1 aromatic rings. The van der Waals surface area contributed by atoms with Crippen molar-refractivity contribution in [3.05, 3.63) is 36.7 Å². The van der Waals surface area contributed by atoms with E-state index in [9.17, 15) is 4.79 Å². The van der Waals surface area contributed by atoms with Gasteiger partial charge < -0.3 is 4.74 Å². The van der Waals surface area contributed by atoms with Crippen molar-refractivity contribution in [2.45, 2.75) is 32.8 Å². The van der Waals surface area contributed by atoms with E-state index in [1.54, 1.807) is 24.4 Å².